The van der Waals surface area contributed by atoms with E-state index in [0.29, 0.717) is 37.1 Å². The van der Waals surface area contributed by atoms with Crippen molar-refractivity contribution in [3.05, 3.63) is 45.9 Å². The lowest BCUT2D eigenvalue weighted by atomic mass is 10.2. The molecule has 1 heterocycles. The zero-order valence-electron chi connectivity index (χ0n) is 17.1. The van der Waals surface area contributed by atoms with Crippen molar-refractivity contribution in [3.8, 4) is 5.75 Å². The molecular formula is C19H27F3IN5OS. The van der Waals surface area contributed by atoms with Gasteiger partial charge in [-0.1, -0.05) is 12.1 Å². The van der Waals surface area contributed by atoms with Crippen LogP contribution in [0.5, 0.6) is 5.75 Å². The summed E-state index contributed by atoms with van der Waals surface area (Å²) in [5.41, 5.74) is 0.192. The minimum atomic E-state index is -4.40. The van der Waals surface area contributed by atoms with Gasteiger partial charge in [-0.3, -0.25) is 4.99 Å². The van der Waals surface area contributed by atoms with Crippen LogP contribution in [-0.4, -0.2) is 56.7 Å². The predicted octanol–water partition coefficient (Wildman–Crippen LogP) is 3.63. The summed E-state index contributed by atoms with van der Waals surface area (Å²) in [6.45, 7) is 2.42. The van der Waals surface area contributed by atoms with E-state index in [0.717, 1.165) is 34.6 Å². The number of benzene rings is 1. The molecule has 0 fully saturated rings. The highest BCUT2D eigenvalue weighted by molar-refractivity contribution is 14.0. The van der Waals surface area contributed by atoms with Crippen LogP contribution >= 0.6 is 35.3 Å². The Labute approximate surface area is 196 Å². The van der Waals surface area contributed by atoms with Gasteiger partial charge in [-0.05, 0) is 31.8 Å². The molecule has 0 saturated carbocycles. The van der Waals surface area contributed by atoms with Gasteiger partial charge in [-0.15, -0.1) is 35.3 Å². The van der Waals surface area contributed by atoms with E-state index in [4.69, 9.17) is 4.74 Å². The van der Waals surface area contributed by atoms with Gasteiger partial charge in [0, 0.05) is 38.5 Å². The van der Waals surface area contributed by atoms with Gasteiger partial charge in [0.2, 0.25) is 0 Å². The van der Waals surface area contributed by atoms with E-state index in [1.807, 2.05) is 38.4 Å². The molecule has 168 valence electrons. The van der Waals surface area contributed by atoms with Gasteiger partial charge in [-0.25, -0.2) is 4.98 Å². The first kappa shape index (κ1) is 26.4. The summed E-state index contributed by atoms with van der Waals surface area (Å²) in [5, 5.41) is 7.74. The number of nitrogens with zero attached hydrogens (tertiary/aromatic N) is 3. The van der Waals surface area contributed by atoms with Gasteiger partial charge >= 0.3 is 6.18 Å². The molecule has 6 nitrogen and oxygen atoms in total. The molecule has 2 aromatic rings. The molecule has 0 unspecified atom stereocenters. The number of halogens is 4. The standard InChI is InChI=1S/C19H26F3N5OS.HI/c1-23-18(24-8-7-17-26-16(13-29-17)19(20,21)22)25-12-14-5-4-6-15(11-14)28-10-9-27(2)3;/h4-6,11,13H,7-10,12H2,1-3H3,(H2,23,24,25);1H. The predicted molar refractivity (Wildman–Crippen MR) is 125 cm³/mol. The van der Waals surface area contributed by atoms with Gasteiger partial charge in [0.05, 0.1) is 5.01 Å². The maximum atomic E-state index is 12.6. The highest BCUT2D eigenvalue weighted by Crippen LogP contribution is 2.30. The van der Waals surface area contributed by atoms with Crippen LogP contribution in [0.2, 0.25) is 0 Å². The first-order valence-corrected chi connectivity index (χ1v) is 9.98. The number of thiazole rings is 1. The Morgan fingerprint density at radius 3 is 2.67 bits per heavy atom. The molecule has 0 aliphatic rings. The fourth-order valence-electron chi connectivity index (χ4n) is 2.34. The number of aromatic nitrogens is 1. The number of ether oxygens (including phenoxy) is 1. The average molecular weight is 557 g/mol. The third kappa shape index (κ3) is 9.47. The van der Waals surface area contributed by atoms with Crippen LogP contribution < -0.4 is 15.4 Å². The van der Waals surface area contributed by atoms with Gasteiger partial charge in [0.1, 0.15) is 12.4 Å². The number of guanidine groups is 1. The fourth-order valence-corrected chi connectivity index (χ4v) is 3.15. The van der Waals surface area contributed by atoms with E-state index >= 15 is 0 Å². The van der Waals surface area contributed by atoms with Gasteiger partial charge < -0.3 is 20.3 Å². The second-order valence-electron chi connectivity index (χ2n) is 6.53. The van der Waals surface area contributed by atoms with Crippen molar-refractivity contribution in [2.45, 2.75) is 19.1 Å². The van der Waals surface area contributed by atoms with E-state index in [-0.39, 0.29) is 24.0 Å². The molecular weight excluding hydrogens is 530 g/mol. The van der Waals surface area contributed by atoms with Crippen LogP contribution in [0.3, 0.4) is 0 Å². The molecule has 0 aliphatic carbocycles. The normalized spacial score (nSPS) is 11.9. The SMILES string of the molecule is CN=C(NCCc1nc(C(F)(F)F)cs1)NCc1cccc(OCCN(C)C)c1.I. The summed E-state index contributed by atoms with van der Waals surface area (Å²) >= 11 is 1.01. The van der Waals surface area contributed by atoms with Crippen molar-refractivity contribution in [2.24, 2.45) is 4.99 Å². The lowest BCUT2D eigenvalue weighted by Gasteiger charge is -2.13. The first-order valence-electron chi connectivity index (χ1n) is 9.10. The van der Waals surface area contributed by atoms with Crippen LogP contribution in [0.1, 0.15) is 16.3 Å². The maximum absolute atomic E-state index is 12.6. The molecule has 2 rings (SSSR count). The zero-order chi connectivity index (χ0) is 21.3. The van der Waals surface area contributed by atoms with Gasteiger partial charge in [-0.2, -0.15) is 13.2 Å². The molecule has 0 amide bonds. The smallest absolute Gasteiger partial charge is 0.434 e. The van der Waals surface area contributed by atoms with E-state index < -0.39 is 11.9 Å². The van der Waals surface area contributed by atoms with Crippen molar-refractivity contribution in [2.75, 3.05) is 40.8 Å². The first-order chi connectivity index (χ1) is 13.8. The minimum Gasteiger partial charge on any atom is -0.492 e. The topological polar surface area (TPSA) is 61.8 Å². The van der Waals surface area contributed by atoms with Crippen LogP contribution in [-0.2, 0) is 19.1 Å². The van der Waals surface area contributed by atoms with Crippen LogP contribution in [0.25, 0.3) is 0 Å². The molecule has 1 aromatic carbocycles. The number of nitrogens with one attached hydrogen (secondary N) is 2. The number of likely N-dealkylation sites (N-methyl/N-ethyl adjacent to an activating group) is 1. The van der Waals surface area contributed by atoms with Crippen molar-refractivity contribution < 1.29 is 17.9 Å². The molecule has 0 saturated heterocycles. The Kier molecular flexibility index (Phi) is 11.4. The molecule has 0 radical (unpaired) electrons. The fraction of sp³-hybridized carbons (Fsp3) is 0.474. The largest absolute Gasteiger partial charge is 0.492 e. The van der Waals surface area contributed by atoms with Crippen molar-refractivity contribution >= 4 is 41.3 Å². The molecule has 0 aliphatic heterocycles. The Hall–Kier alpha value is -1.60. The van der Waals surface area contributed by atoms with Crippen molar-refractivity contribution in [3.63, 3.8) is 0 Å². The molecule has 0 bridgehead atoms. The number of rotatable bonds is 9. The van der Waals surface area contributed by atoms with Gasteiger partial charge in [0.25, 0.3) is 0 Å². The van der Waals surface area contributed by atoms with E-state index in [1.165, 1.54) is 0 Å². The number of hydrogen-bond donors (Lipinski definition) is 2. The number of alkyl halides is 3. The highest BCUT2D eigenvalue weighted by atomic mass is 127. The highest BCUT2D eigenvalue weighted by Gasteiger charge is 2.33. The molecule has 0 spiro atoms. The number of aliphatic imine (C=N–C) groups is 1. The Bertz CT molecular complexity index is 798. The quantitative estimate of drug-likeness (QED) is 0.280. The third-order valence-electron chi connectivity index (χ3n) is 3.86. The summed E-state index contributed by atoms with van der Waals surface area (Å²) in [6.07, 6.45) is -4.01. The Morgan fingerprint density at radius 2 is 2.03 bits per heavy atom. The second-order valence-corrected chi connectivity index (χ2v) is 7.47. The van der Waals surface area contributed by atoms with Crippen LogP contribution in [0.15, 0.2) is 34.6 Å². The summed E-state index contributed by atoms with van der Waals surface area (Å²) in [7, 11) is 5.62. The third-order valence-corrected chi connectivity index (χ3v) is 4.77. The maximum Gasteiger partial charge on any atom is 0.434 e. The summed E-state index contributed by atoms with van der Waals surface area (Å²) in [4.78, 5) is 9.80. The van der Waals surface area contributed by atoms with Crippen molar-refractivity contribution in [1.82, 2.24) is 20.5 Å². The average Bonchev–Trinajstić information content (AvgIpc) is 3.14. The molecule has 1 aromatic heterocycles. The summed E-state index contributed by atoms with van der Waals surface area (Å²) < 4.78 is 43.5. The zero-order valence-corrected chi connectivity index (χ0v) is 20.3. The summed E-state index contributed by atoms with van der Waals surface area (Å²) in [6, 6.07) is 7.78. The molecule has 0 atom stereocenters. The monoisotopic (exact) mass is 557 g/mol. The minimum absolute atomic E-state index is 0. The number of hydrogen-bond acceptors (Lipinski definition) is 5. The second kappa shape index (κ2) is 13.0. The van der Waals surface area contributed by atoms with E-state index in [9.17, 15) is 13.2 Å². The van der Waals surface area contributed by atoms with Crippen molar-refractivity contribution in [1.29, 1.82) is 0 Å². The van der Waals surface area contributed by atoms with E-state index in [1.54, 1.807) is 7.05 Å². The van der Waals surface area contributed by atoms with Gasteiger partial charge in [0.15, 0.2) is 11.7 Å². The summed E-state index contributed by atoms with van der Waals surface area (Å²) in [5.74, 6) is 1.37. The molecule has 11 heteroatoms. The molecule has 2 N–H and O–H groups in total. The van der Waals surface area contributed by atoms with E-state index in [2.05, 4.69) is 25.5 Å². The lowest BCUT2D eigenvalue weighted by Crippen LogP contribution is -2.37. The van der Waals surface area contributed by atoms with Crippen LogP contribution in [0, 0.1) is 0 Å². The Morgan fingerprint density at radius 1 is 1.27 bits per heavy atom. The molecule has 30 heavy (non-hydrogen) atoms. The lowest BCUT2D eigenvalue weighted by molar-refractivity contribution is -0.140. The van der Waals surface area contributed by atoms with Crippen LogP contribution in [0.4, 0.5) is 13.2 Å². The Balaban J connectivity index is 0.00000450.